The van der Waals surface area contributed by atoms with E-state index in [2.05, 4.69) is 0 Å². The van der Waals surface area contributed by atoms with E-state index in [9.17, 15) is 18.4 Å². The Kier molecular flexibility index (Phi) is 7.26. The summed E-state index contributed by atoms with van der Waals surface area (Å²) in [6.07, 6.45) is 0.735. The molecule has 0 unspecified atom stereocenters. The van der Waals surface area contributed by atoms with Gasteiger partial charge in [0.25, 0.3) is 5.91 Å². The number of hydrogen-bond acceptors (Lipinski definition) is 4. The highest BCUT2D eigenvalue weighted by Gasteiger charge is 2.34. The van der Waals surface area contributed by atoms with E-state index in [0.717, 1.165) is 12.0 Å². The van der Waals surface area contributed by atoms with E-state index in [1.165, 1.54) is 46.2 Å². The molecule has 2 heterocycles. The quantitative estimate of drug-likeness (QED) is 0.470. The van der Waals surface area contributed by atoms with Gasteiger partial charge in [0.05, 0.1) is 6.04 Å². The lowest BCUT2D eigenvalue weighted by molar-refractivity contribution is -0.136. The van der Waals surface area contributed by atoms with Gasteiger partial charge in [0.1, 0.15) is 30.5 Å². The fraction of sp³-hybridized carbons (Fsp3) is 0.308. The Morgan fingerprint density at radius 2 is 1.71 bits per heavy atom. The first kappa shape index (κ1) is 23.9. The summed E-state index contributed by atoms with van der Waals surface area (Å²) in [5.74, 6) is -0.759. The minimum atomic E-state index is -0.424. The van der Waals surface area contributed by atoms with Gasteiger partial charge < -0.3 is 14.5 Å². The van der Waals surface area contributed by atoms with Gasteiger partial charge in [-0.1, -0.05) is 0 Å². The molecule has 8 heteroatoms. The van der Waals surface area contributed by atoms with Gasteiger partial charge in [-0.15, -0.1) is 11.3 Å². The smallest absolute Gasteiger partial charge is 0.254 e. The third-order valence-corrected chi connectivity index (χ3v) is 6.91. The molecule has 1 aliphatic rings. The molecular weight excluding hydrogens is 458 g/mol. The van der Waals surface area contributed by atoms with Crippen LogP contribution in [0.4, 0.5) is 8.78 Å². The van der Waals surface area contributed by atoms with Crippen molar-refractivity contribution >= 4 is 23.2 Å². The molecule has 1 atom stereocenters. The topological polar surface area (TPSA) is 49.9 Å². The van der Waals surface area contributed by atoms with Gasteiger partial charge in [-0.05, 0) is 85.8 Å². The summed E-state index contributed by atoms with van der Waals surface area (Å²) >= 11 is 1.65. The first-order chi connectivity index (χ1) is 16.3. The van der Waals surface area contributed by atoms with Gasteiger partial charge in [-0.2, -0.15) is 0 Å². The van der Waals surface area contributed by atoms with E-state index in [4.69, 9.17) is 4.74 Å². The molecule has 0 N–H and O–H groups in total. The van der Waals surface area contributed by atoms with Crippen LogP contribution in [0.1, 0.15) is 40.7 Å². The number of amides is 2. The maximum atomic E-state index is 13.5. The molecule has 34 heavy (non-hydrogen) atoms. The molecule has 0 saturated heterocycles. The van der Waals surface area contributed by atoms with Crippen molar-refractivity contribution in [3.8, 4) is 5.75 Å². The highest BCUT2D eigenvalue weighted by molar-refractivity contribution is 7.10. The van der Waals surface area contributed by atoms with Crippen LogP contribution in [0.3, 0.4) is 0 Å². The maximum absolute atomic E-state index is 13.5. The maximum Gasteiger partial charge on any atom is 0.254 e. The van der Waals surface area contributed by atoms with Gasteiger partial charge in [-0.3, -0.25) is 9.59 Å². The Morgan fingerprint density at radius 3 is 2.35 bits per heavy atom. The van der Waals surface area contributed by atoms with Crippen LogP contribution in [0.5, 0.6) is 5.75 Å². The van der Waals surface area contributed by atoms with Crippen LogP contribution in [-0.2, 0) is 11.2 Å². The van der Waals surface area contributed by atoms with Crippen LogP contribution < -0.4 is 4.74 Å². The second-order valence-corrected chi connectivity index (χ2v) is 9.45. The van der Waals surface area contributed by atoms with Crippen molar-refractivity contribution in [2.24, 2.45) is 0 Å². The molecule has 0 bridgehead atoms. The number of thiophene rings is 1. The Hall–Kier alpha value is -3.26. The molecule has 1 aromatic heterocycles. The summed E-state index contributed by atoms with van der Waals surface area (Å²) in [6.45, 7) is 4.32. The van der Waals surface area contributed by atoms with E-state index in [1.54, 1.807) is 28.4 Å². The first-order valence-corrected chi connectivity index (χ1v) is 12.0. The van der Waals surface area contributed by atoms with Crippen LogP contribution in [0.15, 0.2) is 60.0 Å². The monoisotopic (exact) mass is 484 g/mol. The minimum Gasteiger partial charge on any atom is -0.491 e. The average Bonchev–Trinajstić information content (AvgIpc) is 3.31. The zero-order valence-electron chi connectivity index (χ0n) is 19.0. The number of rotatable bonds is 7. The number of fused-ring (bicyclic) bond motifs is 1. The van der Waals surface area contributed by atoms with Crippen molar-refractivity contribution < 1.29 is 23.1 Å². The van der Waals surface area contributed by atoms with E-state index in [-0.39, 0.29) is 42.9 Å². The standard InChI is InChI=1S/C26H26F2N2O3S/c1-17(2)30(26(32)18-3-5-19(27)6-4-18)15-25(31)29-13-11-24-22(12-14-34-24)23(29)16-33-21-9-7-20(28)8-10-21/h3-10,12,14,17,23H,11,13,15-16H2,1-2H3/t23-/m0/s1. The van der Waals surface area contributed by atoms with Crippen molar-refractivity contribution in [1.82, 2.24) is 9.80 Å². The normalized spacial score (nSPS) is 15.2. The molecule has 0 saturated carbocycles. The van der Waals surface area contributed by atoms with Gasteiger partial charge in [0.15, 0.2) is 0 Å². The molecule has 0 radical (unpaired) electrons. The van der Waals surface area contributed by atoms with Crippen molar-refractivity contribution in [3.63, 3.8) is 0 Å². The van der Waals surface area contributed by atoms with Crippen molar-refractivity contribution in [3.05, 3.63) is 87.6 Å². The summed E-state index contributed by atoms with van der Waals surface area (Å²) < 4.78 is 32.5. The predicted octanol–water partition coefficient (Wildman–Crippen LogP) is 5.08. The summed E-state index contributed by atoms with van der Waals surface area (Å²) in [5, 5.41) is 2.00. The van der Waals surface area contributed by atoms with E-state index in [1.807, 2.05) is 25.3 Å². The third kappa shape index (κ3) is 5.28. The predicted molar refractivity (Wildman–Crippen MR) is 127 cm³/mol. The number of carbonyl (C=O) groups is 2. The van der Waals surface area contributed by atoms with E-state index >= 15 is 0 Å². The van der Waals surface area contributed by atoms with Crippen LogP contribution in [0.2, 0.25) is 0 Å². The van der Waals surface area contributed by atoms with Crippen molar-refractivity contribution in [2.45, 2.75) is 32.4 Å². The lowest BCUT2D eigenvalue weighted by Crippen LogP contribution is -2.49. The first-order valence-electron chi connectivity index (χ1n) is 11.1. The molecule has 2 amide bonds. The minimum absolute atomic E-state index is 0.0968. The third-order valence-electron chi connectivity index (χ3n) is 5.92. The van der Waals surface area contributed by atoms with Crippen LogP contribution in [0.25, 0.3) is 0 Å². The summed E-state index contributed by atoms with van der Waals surface area (Å²) in [6, 6.07) is 12.6. The number of carbonyl (C=O) groups excluding carboxylic acids is 2. The summed E-state index contributed by atoms with van der Waals surface area (Å²) in [4.78, 5) is 31.0. The van der Waals surface area contributed by atoms with Gasteiger partial charge in [0.2, 0.25) is 5.91 Å². The number of nitrogens with zero attached hydrogens (tertiary/aromatic N) is 2. The fourth-order valence-corrected chi connectivity index (χ4v) is 4.99. The van der Waals surface area contributed by atoms with Gasteiger partial charge >= 0.3 is 0 Å². The van der Waals surface area contributed by atoms with E-state index in [0.29, 0.717) is 17.9 Å². The van der Waals surface area contributed by atoms with Crippen molar-refractivity contribution in [2.75, 3.05) is 19.7 Å². The molecule has 2 aromatic carbocycles. The molecule has 4 rings (SSSR count). The molecular formula is C26H26F2N2O3S. The van der Waals surface area contributed by atoms with Crippen LogP contribution in [-0.4, -0.2) is 47.4 Å². The Labute approximate surface area is 201 Å². The van der Waals surface area contributed by atoms with Crippen LogP contribution >= 0.6 is 11.3 Å². The molecule has 3 aromatic rings. The fourth-order valence-electron chi connectivity index (χ4n) is 4.06. The Balaban J connectivity index is 1.52. The molecule has 0 aliphatic carbocycles. The van der Waals surface area contributed by atoms with Crippen molar-refractivity contribution in [1.29, 1.82) is 0 Å². The largest absolute Gasteiger partial charge is 0.491 e. The second kappa shape index (κ2) is 10.3. The summed E-state index contributed by atoms with van der Waals surface area (Å²) in [5.41, 5.74) is 1.37. The molecule has 5 nitrogen and oxygen atoms in total. The molecule has 0 fully saturated rings. The summed E-state index contributed by atoms with van der Waals surface area (Å²) in [7, 11) is 0. The number of ether oxygens (including phenoxy) is 1. The zero-order chi connectivity index (χ0) is 24.2. The lowest BCUT2D eigenvalue weighted by atomic mass is 10.00. The SMILES string of the molecule is CC(C)N(CC(=O)N1CCc2sccc2[C@@H]1COc1ccc(F)cc1)C(=O)c1ccc(F)cc1. The average molecular weight is 485 g/mol. The number of benzene rings is 2. The highest BCUT2D eigenvalue weighted by Crippen LogP contribution is 2.34. The number of hydrogen-bond donors (Lipinski definition) is 0. The van der Waals surface area contributed by atoms with Gasteiger partial charge in [-0.25, -0.2) is 8.78 Å². The van der Waals surface area contributed by atoms with Crippen LogP contribution in [0, 0.1) is 11.6 Å². The second-order valence-electron chi connectivity index (χ2n) is 8.45. The molecule has 178 valence electrons. The lowest BCUT2D eigenvalue weighted by Gasteiger charge is -2.37. The Morgan fingerprint density at radius 1 is 1.06 bits per heavy atom. The molecule has 1 aliphatic heterocycles. The zero-order valence-corrected chi connectivity index (χ0v) is 19.9. The number of halogens is 2. The Bertz CT molecular complexity index is 1150. The molecule has 0 spiro atoms. The highest BCUT2D eigenvalue weighted by atomic mass is 32.1. The van der Waals surface area contributed by atoms with E-state index < -0.39 is 5.82 Å². The van der Waals surface area contributed by atoms with Gasteiger partial charge in [0, 0.05) is 23.0 Å².